The number of carbonyl (C=O) groups excluding carboxylic acids is 1. The Morgan fingerprint density at radius 2 is 1.79 bits per heavy atom. The number of nitrogen functional groups attached to an aromatic ring is 1. The number of benzene rings is 2. The number of esters is 1. The molecule has 0 saturated carbocycles. The third-order valence-electron chi connectivity index (χ3n) is 4.73. The molecule has 0 heterocycles. The molecule has 0 bridgehead atoms. The maximum Gasteiger partial charge on any atom is 0.318 e. The van der Waals surface area contributed by atoms with Crippen molar-refractivity contribution in [2.24, 2.45) is 0 Å². The molecular formula is C20H24N2O2. The van der Waals surface area contributed by atoms with Crippen LogP contribution in [-0.4, -0.2) is 37.1 Å². The number of likely N-dealkylation sites (N-methyl/N-ethyl adjacent to an activating group) is 1. The van der Waals surface area contributed by atoms with Gasteiger partial charge in [0, 0.05) is 12.2 Å². The number of carbonyl (C=O) groups is 1. The lowest BCUT2D eigenvalue weighted by molar-refractivity contribution is -0.144. The van der Waals surface area contributed by atoms with Gasteiger partial charge in [-0.25, -0.2) is 0 Å². The number of nitrogens with zero attached hydrogens (tertiary/aromatic N) is 1. The predicted octanol–water partition coefficient (Wildman–Crippen LogP) is 3.27. The fraction of sp³-hybridized carbons (Fsp3) is 0.350. The van der Waals surface area contributed by atoms with Crippen LogP contribution in [0.15, 0.2) is 42.5 Å². The number of hydrogen-bond acceptors (Lipinski definition) is 4. The topological polar surface area (TPSA) is 55.6 Å². The highest BCUT2D eigenvalue weighted by Crippen LogP contribution is 2.45. The van der Waals surface area contributed by atoms with Gasteiger partial charge in [-0.15, -0.1) is 0 Å². The summed E-state index contributed by atoms with van der Waals surface area (Å²) in [6, 6.07) is 13.8. The molecule has 0 saturated heterocycles. The first kappa shape index (κ1) is 16.5. The van der Waals surface area contributed by atoms with E-state index in [-0.39, 0.29) is 11.9 Å². The van der Waals surface area contributed by atoms with Crippen LogP contribution < -0.4 is 5.73 Å². The van der Waals surface area contributed by atoms with E-state index in [1.165, 1.54) is 0 Å². The number of ether oxygens (including phenoxy) is 1. The van der Waals surface area contributed by atoms with Crippen LogP contribution in [0.4, 0.5) is 5.69 Å². The van der Waals surface area contributed by atoms with Crippen molar-refractivity contribution in [3.05, 3.63) is 53.6 Å². The van der Waals surface area contributed by atoms with Gasteiger partial charge in [0.15, 0.2) is 0 Å². The molecule has 4 nitrogen and oxygen atoms in total. The van der Waals surface area contributed by atoms with E-state index < -0.39 is 0 Å². The summed E-state index contributed by atoms with van der Waals surface area (Å²) in [7, 11) is 0. The van der Waals surface area contributed by atoms with E-state index in [9.17, 15) is 4.79 Å². The van der Waals surface area contributed by atoms with E-state index in [0.29, 0.717) is 12.3 Å². The molecule has 2 N–H and O–H groups in total. The quantitative estimate of drug-likeness (QED) is 0.654. The van der Waals surface area contributed by atoms with Gasteiger partial charge in [-0.3, -0.25) is 4.79 Å². The number of hydrogen-bond donors (Lipinski definition) is 1. The molecule has 0 aliphatic heterocycles. The molecule has 0 spiro atoms. The van der Waals surface area contributed by atoms with Gasteiger partial charge in [0.2, 0.25) is 0 Å². The SMILES string of the molecule is CCN(CC)CCOC(=O)C1c2ccccc2-c2ccc(N)cc21. The first-order valence-corrected chi connectivity index (χ1v) is 8.53. The summed E-state index contributed by atoms with van der Waals surface area (Å²) in [5.41, 5.74) is 10.7. The van der Waals surface area contributed by atoms with Gasteiger partial charge < -0.3 is 15.4 Å². The van der Waals surface area contributed by atoms with Crippen molar-refractivity contribution in [2.45, 2.75) is 19.8 Å². The summed E-state index contributed by atoms with van der Waals surface area (Å²) >= 11 is 0. The summed E-state index contributed by atoms with van der Waals surface area (Å²) in [5.74, 6) is -0.574. The van der Waals surface area contributed by atoms with Crippen LogP contribution in [0.5, 0.6) is 0 Å². The number of fused-ring (bicyclic) bond motifs is 3. The van der Waals surface area contributed by atoms with Gasteiger partial charge in [-0.05, 0) is 47.5 Å². The average Bonchev–Trinajstić information content (AvgIpc) is 2.92. The molecule has 0 radical (unpaired) electrons. The van der Waals surface area contributed by atoms with E-state index in [1.54, 1.807) is 0 Å². The van der Waals surface area contributed by atoms with Crippen LogP contribution in [0.2, 0.25) is 0 Å². The highest BCUT2D eigenvalue weighted by Gasteiger charge is 2.34. The zero-order valence-electron chi connectivity index (χ0n) is 14.3. The van der Waals surface area contributed by atoms with E-state index in [0.717, 1.165) is 41.9 Å². The molecule has 0 amide bonds. The maximum atomic E-state index is 12.8. The average molecular weight is 324 g/mol. The van der Waals surface area contributed by atoms with Crippen LogP contribution in [0.1, 0.15) is 30.9 Å². The molecule has 0 fully saturated rings. The summed E-state index contributed by atoms with van der Waals surface area (Å²) in [4.78, 5) is 15.0. The lowest BCUT2D eigenvalue weighted by Gasteiger charge is -2.19. The number of anilines is 1. The molecule has 1 atom stereocenters. The molecule has 1 aliphatic carbocycles. The Bertz CT molecular complexity index is 738. The van der Waals surface area contributed by atoms with Gasteiger partial charge >= 0.3 is 5.97 Å². The molecule has 126 valence electrons. The summed E-state index contributed by atoms with van der Waals surface area (Å²) in [5, 5.41) is 0. The van der Waals surface area contributed by atoms with E-state index in [2.05, 4.69) is 18.7 Å². The van der Waals surface area contributed by atoms with Crippen LogP contribution in [0.25, 0.3) is 11.1 Å². The van der Waals surface area contributed by atoms with Gasteiger partial charge in [-0.1, -0.05) is 44.2 Å². The fourth-order valence-corrected chi connectivity index (χ4v) is 3.38. The lowest BCUT2D eigenvalue weighted by Crippen LogP contribution is -2.28. The van der Waals surface area contributed by atoms with Crippen molar-refractivity contribution in [3.63, 3.8) is 0 Å². The van der Waals surface area contributed by atoms with Crippen LogP contribution in [-0.2, 0) is 9.53 Å². The molecule has 24 heavy (non-hydrogen) atoms. The second-order valence-corrected chi connectivity index (χ2v) is 6.06. The van der Waals surface area contributed by atoms with Crippen molar-refractivity contribution < 1.29 is 9.53 Å². The van der Waals surface area contributed by atoms with Crippen molar-refractivity contribution in [3.8, 4) is 11.1 Å². The summed E-state index contributed by atoms with van der Waals surface area (Å²) in [6.45, 7) is 7.31. The zero-order valence-corrected chi connectivity index (χ0v) is 14.3. The Balaban J connectivity index is 1.82. The second kappa shape index (κ2) is 7.05. The Labute approximate surface area is 143 Å². The second-order valence-electron chi connectivity index (χ2n) is 6.06. The van der Waals surface area contributed by atoms with Crippen LogP contribution in [0.3, 0.4) is 0 Å². The third-order valence-corrected chi connectivity index (χ3v) is 4.73. The highest BCUT2D eigenvalue weighted by atomic mass is 16.5. The summed E-state index contributed by atoms with van der Waals surface area (Å²) < 4.78 is 5.59. The van der Waals surface area contributed by atoms with Gasteiger partial charge in [0.25, 0.3) is 0 Å². The maximum absolute atomic E-state index is 12.8. The number of rotatable bonds is 6. The molecule has 1 aliphatic rings. The van der Waals surface area contributed by atoms with Crippen molar-refractivity contribution in [2.75, 3.05) is 32.0 Å². The van der Waals surface area contributed by atoms with Crippen LogP contribution in [0, 0.1) is 0 Å². The highest BCUT2D eigenvalue weighted by molar-refractivity contribution is 5.94. The molecular weight excluding hydrogens is 300 g/mol. The molecule has 2 aromatic carbocycles. The lowest BCUT2D eigenvalue weighted by atomic mass is 9.97. The Hall–Kier alpha value is -2.33. The Kier molecular flexibility index (Phi) is 4.86. The predicted molar refractivity (Wildman–Crippen MR) is 96.9 cm³/mol. The number of nitrogens with two attached hydrogens (primary N) is 1. The normalized spacial score (nSPS) is 15.2. The molecule has 4 heteroatoms. The molecule has 3 rings (SSSR count). The van der Waals surface area contributed by atoms with E-state index in [4.69, 9.17) is 10.5 Å². The standard InChI is InChI=1S/C20H24N2O2/c1-3-22(4-2)11-12-24-20(23)19-17-8-6-5-7-15(17)16-10-9-14(21)13-18(16)19/h5-10,13,19H,3-4,11-12,21H2,1-2H3. The zero-order chi connectivity index (χ0) is 17.1. The third kappa shape index (κ3) is 3.02. The summed E-state index contributed by atoms with van der Waals surface area (Å²) in [6.07, 6.45) is 0. The molecule has 0 aromatic heterocycles. The van der Waals surface area contributed by atoms with Crippen molar-refractivity contribution >= 4 is 11.7 Å². The van der Waals surface area contributed by atoms with E-state index >= 15 is 0 Å². The molecule has 1 unspecified atom stereocenters. The molecule has 2 aromatic rings. The first-order chi connectivity index (χ1) is 11.7. The first-order valence-electron chi connectivity index (χ1n) is 8.53. The Morgan fingerprint density at radius 1 is 1.08 bits per heavy atom. The van der Waals surface area contributed by atoms with E-state index in [1.807, 2.05) is 42.5 Å². The minimum absolute atomic E-state index is 0.195. The largest absolute Gasteiger partial charge is 0.464 e. The van der Waals surface area contributed by atoms with Gasteiger partial charge in [0.05, 0.1) is 0 Å². The van der Waals surface area contributed by atoms with Gasteiger partial charge in [0.1, 0.15) is 12.5 Å². The monoisotopic (exact) mass is 324 g/mol. The fourth-order valence-electron chi connectivity index (χ4n) is 3.38. The smallest absolute Gasteiger partial charge is 0.318 e. The van der Waals surface area contributed by atoms with Gasteiger partial charge in [-0.2, -0.15) is 0 Å². The van der Waals surface area contributed by atoms with Crippen molar-refractivity contribution in [1.82, 2.24) is 4.90 Å². The minimum atomic E-state index is -0.378. The minimum Gasteiger partial charge on any atom is -0.464 e. The van der Waals surface area contributed by atoms with Crippen LogP contribution >= 0.6 is 0 Å². The Morgan fingerprint density at radius 3 is 2.54 bits per heavy atom. The van der Waals surface area contributed by atoms with Crippen molar-refractivity contribution in [1.29, 1.82) is 0 Å².